The Hall–Kier alpha value is -1.35. The van der Waals surface area contributed by atoms with Crippen LogP contribution in [0.4, 0.5) is 0 Å². The number of carbonyl (C=O) groups is 1. The van der Waals surface area contributed by atoms with Crippen molar-refractivity contribution in [2.75, 3.05) is 19.6 Å². The van der Waals surface area contributed by atoms with Crippen LogP contribution in [-0.4, -0.2) is 36.0 Å². The van der Waals surface area contributed by atoms with Crippen molar-refractivity contribution in [2.24, 2.45) is 5.92 Å². The molecule has 2 fully saturated rings. The Morgan fingerprint density at radius 3 is 2.59 bits per heavy atom. The van der Waals surface area contributed by atoms with E-state index in [2.05, 4.69) is 47.5 Å². The summed E-state index contributed by atoms with van der Waals surface area (Å²) in [7, 11) is 0. The summed E-state index contributed by atoms with van der Waals surface area (Å²) < 4.78 is 0. The molecule has 1 aromatic carbocycles. The molecular formula is C19H28N2O. The van der Waals surface area contributed by atoms with Crippen LogP contribution >= 0.6 is 0 Å². The summed E-state index contributed by atoms with van der Waals surface area (Å²) in [6.45, 7) is 4.92. The summed E-state index contributed by atoms with van der Waals surface area (Å²) in [5, 5.41) is 3.45. The molecule has 0 aromatic heterocycles. The molecular weight excluding hydrogens is 272 g/mol. The molecule has 0 radical (unpaired) electrons. The van der Waals surface area contributed by atoms with Crippen LogP contribution in [0.15, 0.2) is 30.3 Å². The molecule has 1 unspecified atom stereocenters. The van der Waals surface area contributed by atoms with Crippen molar-refractivity contribution >= 4 is 5.91 Å². The topological polar surface area (TPSA) is 32.3 Å². The maximum Gasteiger partial charge on any atom is 0.242 e. The number of hydrogen-bond acceptors (Lipinski definition) is 2. The van der Waals surface area contributed by atoms with Gasteiger partial charge in [0.05, 0.1) is 5.54 Å². The van der Waals surface area contributed by atoms with E-state index < -0.39 is 0 Å². The average Bonchev–Trinajstić information content (AvgIpc) is 2.56. The van der Waals surface area contributed by atoms with E-state index in [4.69, 9.17) is 0 Å². The second-order valence-corrected chi connectivity index (χ2v) is 7.14. The van der Waals surface area contributed by atoms with Crippen molar-refractivity contribution in [1.29, 1.82) is 0 Å². The lowest BCUT2D eigenvalue weighted by molar-refractivity contribution is -0.140. The first kappa shape index (κ1) is 15.5. The van der Waals surface area contributed by atoms with E-state index >= 15 is 0 Å². The maximum atomic E-state index is 12.8. The maximum absolute atomic E-state index is 12.8. The number of likely N-dealkylation sites (tertiary alicyclic amines) is 1. The fourth-order valence-corrected chi connectivity index (χ4v) is 3.88. The third kappa shape index (κ3) is 3.52. The third-order valence-electron chi connectivity index (χ3n) is 5.36. The van der Waals surface area contributed by atoms with Gasteiger partial charge in [-0.25, -0.2) is 0 Å². The van der Waals surface area contributed by atoms with E-state index in [0.717, 1.165) is 51.2 Å². The number of carbonyl (C=O) groups excluding carboxylic acids is 1. The lowest BCUT2D eigenvalue weighted by atomic mass is 9.86. The molecule has 1 amide bonds. The molecule has 2 aliphatic rings. The van der Waals surface area contributed by atoms with Gasteiger partial charge < -0.3 is 10.2 Å². The average molecular weight is 300 g/mol. The zero-order chi connectivity index (χ0) is 15.4. The largest absolute Gasteiger partial charge is 0.341 e. The molecule has 0 saturated carbocycles. The number of rotatable bonds is 3. The van der Waals surface area contributed by atoms with Crippen molar-refractivity contribution in [3.05, 3.63) is 35.9 Å². The normalized spacial score (nSPS) is 26.9. The Labute approximate surface area is 134 Å². The monoisotopic (exact) mass is 300 g/mol. The minimum Gasteiger partial charge on any atom is -0.341 e. The van der Waals surface area contributed by atoms with Crippen LogP contribution in [0.2, 0.25) is 0 Å². The molecule has 0 spiro atoms. The van der Waals surface area contributed by atoms with E-state index in [-0.39, 0.29) is 5.54 Å². The standard InChI is InChI=1S/C19H28N2O/c1-19(11-5-6-12-20-19)18(22)21-13-9-17(10-14-21)15-16-7-3-2-4-8-16/h2-4,7-8,17,20H,5-6,9-15H2,1H3. The van der Waals surface area contributed by atoms with Gasteiger partial charge in [0, 0.05) is 13.1 Å². The summed E-state index contributed by atoms with van der Waals surface area (Å²) in [6, 6.07) is 10.7. The van der Waals surface area contributed by atoms with Gasteiger partial charge in [-0.1, -0.05) is 30.3 Å². The van der Waals surface area contributed by atoms with Gasteiger partial charge in [-0.3, -0.25) is 4.79 Å². The third-order valence-corrected chi connectivity index (χ3v) is 5.36. The van der Waals surface area contributed by atoms with Crippen LogP contribution in [0.3, 0.4) is 0 Å². The molecule has 1 N–H and O–H groups in total. The zero-order valence-corrected chi connectivity index (χ0v) is 13.7. The molecule has 2 heterocycles. The molecule has 1 aromatic rings. The first-order valence-electron chi connectivity index (χ1n) is 8.76. The smallest absolute Gasteiger partial charge is 0.242 e. The number of piperidine rings is 2. The lowest BCUT2D eigenvalue weighted by Gasteiger charge is -2.40. The van der Waals surface area contributed by atoms with Crippen LogP contribution in [0.1, 0.15) is 44.6 Å². The summed E-state index contributed by atoms with van der Waals surface area (Å²) in [6.07, 6.45) is 6.77. The molecule has 3 nitrogen and oxygen atoms in total. The molecule has 2 saturated heterocycles. The van der Waals surface area contributed by atoms with Crippen molar-refractivity contribution in [2.45, 2.75) is 51.0 Å². The zero-order valence-electron chi connectivity index (χ0n) is 13.7. The van der Waals surface area contributed by atoms with Gasteiger partial charge in [-0.2, -0.15) is 0 Å². The molecule has 3 heteroatoms. The molecule has 22 heavy (non-hydrogen) atoms. The number of nitrogens with zero attached hydrogens (tertiary/aromatic N) is 1. The highest BCUT2D eigenvalue weighted by Crippen LogP contribution is 2.26. The molecule has 0 bridgehead atoms. The second kappa shape index (κ2) is 6.82. The molecule has 1 atom stereocenters. The minimum atomic E-state index is -0.315. The Balaban J connectivity index is 1.52. The fraction of sp³-hybridized carbons (Fsp3) is 0.632. The highest BCUT2D eigenvalue weighted by atomic mass is 16.2. The Morgan fingerprint density at radius 2 is 1.95 bits per heavy atom. The van der Waals surface area contributed by atoms with Gasteiger partial charge in [0.1, 0.15) is 0 Å². The SMILES string of the molecule is CC1(C(=O)N2CCC(Cc3ccccc3)CC2)CCCCN1. The summed E-state index contributed by atoms with van der Waals surface area (Å²) in [4.78, 5) is 14.9. The van der Waals surface area contributed by atoms with Crippen LogP contribution in [0, 0.1) is 5.92 Å². The van der Waals surface area contributed by atoms with Crippen molar-refractivity contribution in [3.63, 3.8) is 0 Å². The van der Waals surface area contributed by atoms with Crippen molar-refractivity contribution in [3.8, 4) is 0 Å². The van der Waals surface area contributed by atoms with Crippen LogP contribution in [0.5, 0.6) is 0 Å². The first-order valence-corrected chi connectivity index (χ1v) is 8.76. The fourth-order valence-electron chi connectivity index (χ4n) is 3.88. The Kier molecular flexibility index (Phi) is 4.82. The van der Waals surface area contributed by atoms with Crippen molar-refractivity contribution < 1.29 is 4.79 Å². The van der Waals surface area contributed by atoms with E-state index in [1.54, 1.807) is 0 Å². The molecule has 2 aliphatic heterocycles. The van der Waals surface area contributed by atoms with Crippen LogP contribution < -0.4 is 5.32 Å². The highest BCUT2D eigenvalue weighted by molar-refractivity contribution is 5.86. The number of benzene rings is 1. The summed E-state index contributed by atoms with van der Waals surface area (Å²) >= 11 is 0. The van der Waals surface area contributed by atoms with E-state index in [1.807, 2.05) is 0 Å². The molecule has 3 rings (SSSR count). The number of hydrogen-bond donors (Lipinski definition) is 1. The lowest BCUT2D eigenvalue weighted by Crippen LogP contribution is -2.59. The Morgan fingerprint density at radius 1 is 1.23 bits per heavy atom. The van der Waals surface area contributed by atoms with Gasteiger partial charge >= 0.3 is 0 Å². The summed E-state index contributed by atoms with van der Waals surface area (Å²) in [5.74, 6) is 1.05. The number of nitrogens with one attached hydrogen (secondary N) is 1. The minimum absolute atomic E-state index is 0.315. The van der Waals surface area contributed by atoms with Gasteiger partial charge in [0.15, 0.2) is 0 Å². The first-order chi connectivity index (χ1) is 10.7. The van der Waals surface area contributed by atoms with E-state index in [9.17, 15) is 4.79 Å². The second-order valence-electron chi connectivity index (χ2n) is 7.14. The van der Waals surface area contributed by atoms with E-state index in [0.29, 0.717) is 5.91 Å². The van der Waals surface area contributed by atoms with Crippen molar-refractivity contribution in [1.82, 2.24) is 10.2 Å². The highest BCUT2D eigenvalue weighted by Gasteiger charge is 2.38. The predicted molar refractivity (Wildman–Crippen MR) is 89.7 cm³/mol. The summed E-state index contributed by atoms with van der Waals surface area (Å²) in [5.41, 5.74) is 1.11. The van der Waals surface area contributed by atoms with Gasteiger partial charge in [0.25, 0.3) is 0 Å². The predicted octanol–water partition coefficient (Wildman–Crippen LogP) is 3.00. The van der Waals surface area contributed by atoms with Gasteiger partial charge in [-0.05, 0) is 63.5 Å². The van der Waals surface area contributed by atoms with Gasteiger partial charge in [-0.15, -0.1) is 0 Å². The van der Waals surface area contributed by atoms with E-state index in [1.165, 1.54) is 18.4 Å². The molecule has 0 aliphatic carbocycles. The quantitative estimate of drug-likeness (QED) is 0.930. The van der Waals surface area contributed by atoms with Crippen LogP contribution in [-0.2, 0) is 11.2 Å². The Bertz CT molecular complexity index is 485. The van der Waals surface area contributed by atoms with Crippen LogP contribution in [0.25, 0.3) is 0 Å². The number of amides is 1. The van der Waals surface area contributed by atoms with Gasteiger partial charge in [0.2, 0.25) is 5.91 Å². The molecule has 120 valence electrons.